The Morgan fingerprint density at radius 2 is 1.50 bits per heavy atom. The van der Waals surface area contributed by atoms with Crippen molar-refractivity contribution in [2.45, 2.75) is 26.4 Å². The Morgan fingerprint density at radius 1 is 1.00 bits per heavy atom. The van der Waals surface area contributed by atoms with Crippen LogP contribution in [0.2, 0.25) is 0 Å². The third kappa shape index (κ3) is 13.2. The Hall–Kier alpha value is -0.910. The summed E-state index contributed by atoms with van der Waals surface area (Å²) in [5.74, 6) is -0.436. The molecule has 0 bridgehead atoms. The van der Waals surface area contributed by atoms with Gasteiger partial charge in [0.1, 0.15) is 6.61 Å². The van der Waals surface area contributed by atoms with Gasteiger partial charge in [-0.2, -0.15) is 0 Å². The molecule has 0 fully saturated rings. The molecule has 0 atom stereocenters. The molecule has 0 unspecified atom stereocenters. The van der Waals surface area contributed by atoms with E-state index < -0.39 is 5.97 Å². The Morgan fingerprint density at radius 3 is 2.00 bits per heavy atom. The topological polar surface area (TPSA) is 54.0 Å². The summed E-state index contributed by atoms with van der Waals surface area (Å²) in [7, 11) is 0. The molecule has 0 aliphatic heterocycles. The lowest BCUT2D eigenvalue weighted by Gasteiger charge is -2.19. The van der Waals surface area contributed by atoms with E-state index >= 15 is 0 Å². The summed E-state index contributed by atoms with van der Waals surface area (Å²) < 4.78 is 20.7. The Balaban J connectivity index is 3.12. The van der Waals surface area contributed by atoms with Gasteiger partial charge < -0.3 is 18.9 Å². The van der Waals surface area contributed by atoms with Gasteiger partial charge in [0, 0.05) is 6.08 Å². The highest BCUT2D eigenvalue weighted by Crippen LogP contribution is 2.05. The van der Waals surface area contributed by atoms with Gasteiger partial charge in [-0.15, -0.1) is 0 Å². The lowest BCUT2D eigenvalue weighted by molar-refractivity contribution is -0.139. The van der Waals surface area contributed by atoms with Gasteiger partial charge >= 0.3 is 5.97 Å². The molecule has 0 spiro atoms. The number of hydrogen-bond acceptors (Lipinski definition) is 5. The van der Waals surface area contributed by atoms with Crippen LogP contribution >= 0.6 is 0 Å². The van der Waals surface area contributed by atoms with Crippen LogP contribution in [0.5, 0.6) is 0 Å². The number of carbonyl (C=O) groups excluding carboxylic acids is 1. The van der Waals surface area contributed by atoms with E-state index in [0.29, 0.717) is 33.0 Å². The summed E-state index contributed by atoms with van der Waals surface area (Å²) in [6.45, 7) is 12.0. The van der Waals surface area contributed by atoms with Crippen LogP contribution in [0.4, 0.5) is 0 Å². The molecular weight excluding hydrogens is 236 g/mol. The van der Waals surface area contributed by atoms with Crippen LogP contribution < -0.4 is 0 Å². The molecule has 0 heterocycles. The standard InChI is InChI=1S/C13H24O5/c1-5-12(14)17-10-8-15-6-7-16-9-11-18-13(2,3)4/h5H,1,6-11H2,2-4H3. The second kappa shape index (κ2) is 10.1. The molecule has 0 aliphatic carbocycles. The Labute approximate surface area is 109 Å². The Bertz CT molecular complexity index is 232. The van der Waals surface area contributed by atoms with Gasteiger partial charge in [-0.1, -0.05) is 6.58 Å². The summed E-state index contributed by atoms with van der Waals surface area (Å²) in [5.41, 5.74) is -0.130. The smallest absolute Gasteiger partial charge is 0.330 e. The largest absolute Gasteiger partial charge is 0.460 e. The first-order chi connectivity index (χ1) is 8.45. The average Bonchev–Trinajstić information content (AvgIpc) is 2.29. The second-order valence-corrected chi connectivity index (χ2v) is 4.56. The normalized spacial score (nSPS) is 11.3. The third-order valence-corrected chi connectivity index (χ3v) is 1.77. The van der Waals surface area contributed by atoms with Crippen LogP contribution in [0.1, 0.15) is 20.8 Å². The minimum Gasteiger partial charge on any atom is -0.460 e. The highest BCUT2D eigenvalue weighted by atomic mass is 16.6. The predicted octanol–water partition coefficient (Wildman–Crippen LogP) is 1.56. The summed E-state index contributed by atoms with van der Waals surface area (Å²) in [4.78, 5) is 10.7. The second-order valence-electron chi connectivity index (χ2n) is 4.56. The van der Waals surface area contributed by atoms with Gasteiger partial charge in [-0.3, -0.25) is 0 Å². The molecule has 0 amide bonds. The molecule has 0 saturated heterocycles. The van der Waals surface area contributed by atoms with E-state index in [-0.39, 0.29) is 12.2 Å². The Kier molecular flexibility index (Phi) is 9.55. The maximum absolute atomic E-state index is 10.7. The number of carbonyl (C=O) groups is 1. The minimum absolute atomic E-state index is 0.130. The predicted molar refractivity (Wildman–Crippen MR) is 68.5 cm³/mol. The molecule has 0 saturated carbocycles. The van der Waals surface area contributed by atoms with Crippen molar-refractivity contribution < 1.29 is 23.7 Å². The van der Waals surface area contributed by atoms with Gasteiger partial charge in [0.15, 0.2) is 0 Å². The van der Waals surface area contributed by atoms with Gasteiger partial charge in [0.05, 0.1) is 38.6 Å². The monoisotopic (exact) mass is 260 g/mol. The fourth-order valence-electron chi connectivity index (χ4n) is 0.989. The highest BCUT2D eigenvalue weighted by molar-refractivity contribution is 5.81. The summed E-state index contributed by atoms with van der Waals surface area (Å²) >= 11 is 0. The lowest BCUT2D eigenvalue weighted by atomic mass is 10.2. The molecule has 0 aromatic rings. The van der Waals surface area contributed by atoms with Crippen LogP contribution in [0.25, 0.3) is 0 Å². The number of rotatable bonds is 10. The van der Waals surface area contributed by atoms with Gasteiger partial charge in [0.2, 0.25) is 0 Å². The van der Waals surface area contributed by atoms with Gasteiger partial charge in [0.25, 0.3) is 0 Å². The summed E-state index contributed by atoms with van der Waals surface area (Å²) in [6, 6.07) is 0. The maximum Gasteiger partial charge on any atom is 0.330 e. The lowest BCUT2D eigenvalue weighted by Crippen LogP contribution is -2.22. The van der Waals surface area contributed by atoms with Crippen molar-refractivity contribution in [3.8, 4) is 0 Å². The quantitative estimate of drug-likeness (QED) is 0.339. The van der Waals surface area contributed by atoms with Gasteiger partial charge in [-0.25, -0.2) is 4.79 Å². The fourth-order valence-corrected chi connectivity index (χ4v) is 0.989. The van der Waals surface area contributed by atoms with Crippen molar-refractivity contribution in [2.24, 2.45) is 0 Å². The first kappa shape index (κ1) is 17.1. The SMILES string of the molecule is C=CC(=O)OCCOCCOCCOC(C)(C)C. The molecule has 5 nitrogen and oxygen atoms in total. The van der Waals surface area contributed by atoms with E-state index in [1.54, 1.807) is 0 Å². The number of hydrogen-bond donors (Lipinski definition) is 0. The molecule has 106 valence electrons. The molecule has 0 radical (unpaired) electrons. The molecule has 0 aliphatic rings. The third-order valence-electron chi connectivity index (χ3n) is 1.77. The maximum atomic E-state index is 10.7. The van der Waals surface area contributed by atoms with E-state index in [0.717, 1.165) is 6.08 Å². The summed E-state index contributed by atoms with van der Waals surface area (Å²) in [5, 5.41) is 0. The van der Waals surface area contributed by atoms with E-state index in [2.05, 4.69) is 6.58 Å². The zero-order chi connectivity index (χ0) is 13.9. The van der Waals surface area contributed by atoms with Crippen LogP contribution in [0.15, 0.2) is 12.7 Å². The molecule has 18 heavy (non-hydrogen) atoms. The highest BCUT2D eigenvalue weighted by Gasteiger charge is 2.08. The van der Waals surface area contributed by atoms with Crippen molar-refractivity contribution in [1.82, 2.24) is 0 Å². The van der Waals surface area contributed by atoms with Crippen molar-refractivity contribution in [3.63, 3.8) is 0 Å². The summed E-state index contributed by atoms with van der Waals surface area (Å²) in [6.07, 6.45) is 1.12. The molecule has 0 aromatic heterocycles. The number of esters is 1. The minimum atomic E-state index is -0.436. The van der Waals surface area contributed by atoms with E-state index in [9.17, 15) is 4.79 Å². The van der Waals surface area contributed by atoms with Crippen molar-refractivity contribution in [2.75, 3.05) is 39.6 Å². The van der Waals surface area contributed by atoms with Crippen LogP contribution in [-0.2, 0) is 23.7 Å². The van der Waals surface area contributed by atoms with Crippen LogP contribution in [0, 0.1) is 0 Å². The molecular formula is C13H24O5. The van der Waals surface area contributed by atoms with Crippen molar-refractivity contribution in [3.05, 3.63) is 12.7 Å². The van der Waals surface area contributed by atoms with Gasteiger partial charge in [-0.05, 0) is 20.8 Å². The van der Waals surface area contributed by atoms with Crippen molar-refractivity contribution in [1.29, 1.82) is 0 Å². The van der Waals surface area contributed by atoms with Crippen LogP contribution in [-0.4, -0.2) is 51.2 Å². The van der Waals surface area contributed by atoms with Crippen LogP contribution in [0.3, 0.4) is 0 Å². The van der Waals surface area contributed by atoms with Crippen molar-refractivity contribution >= 4 is 5.97 Å². The van der Waals surface area contributed by atoms with E-state index in [1.165, 1.54) is 0 Å². The van der Waals surface area contributed by atoms with E-state index in [1.807, 2.05) is 20.8 Å². The molecule has 5 heteroatoms. The molecule has 0 N–H and O–H groups in total. The fraction of sp³-hybridized carbons (Fsp3) is 0.769. The zero-order valence-corrected chi connectivity index (χ0v) is 11.6. The molecule has 0 aromatic carbocycles. The molecule has 0 rings (SSSR count). The first-order valence-electron chi connectivity index (χ1n) is 6.04. The average molecular weight is 260 g/mol. The van der Waals surface area contributed by atoms with E-state index in [4.69, 9.17) is 18.9 Å². The number of ether oxygens (including phenoxy) is 4. The zero-order valence-electron chi connectivity index (χ0n) is 11.6. The first-order valence-corrected chi connectivity index (χ1v) is 6.04.